The van der Waals surface area contributed by atoms with Gasteiger partial charge in [0, 0.05) is 12.3 Å². The first-order chi connectivity index (χ1) is 4.72. The molecule has 0 N–H and O–H groups in total. The zero-order valence-corrected chi connectivity index (χ0v) is 6.89. The molecule has 0 aromatic rings. The molecule has 10 heavy (non-hydrogen) atoms. The van der Waals surface area contributed by atoms with E-state index in [1.807, 2.05) is 6.92 Å². The average molecular weight is 140 g/mol. The van der Waals surface area contributed by atoms with Gasteiger partial charge in [-0.3, -0.25) is 4.79 Å². The molecule has 0 aliphatic heterocycles. The molecule has 0 amide bonds. The molecule has 1 nitrogen and oxygen atoms in total. The Morgan fingerprint density at radius 3 is 2.70 bits per heavy atom. The summed E-state index contributed by atoms with van der Waals surface area (Å²) in [6, 6.07) is 0. The summed E-state index contributed by atoms with van der Waals surface area (Å²) in [5.41, 5.74) is 0. The summed E-state index contributed by atoms with van der Waals surface area (Å²) in [6.07, 6.45) is 4.52. The number of carbonyl (C=O) groups is 1. The van der Waals surface area contributed by atoms with E-state index in [2.05, 4.69) is 13.5 Å². The van der Waals surface area contributed by atoms with Crippen molar-refractivity contribution in [2.24, 2.45) is 5.92 Å². The summed E-state index contributed by atoms with van der Waals surface area (Å²) in [6.45, 7) is 7.55. The fraction of sp³-hybridized carbons (Fsp3) is 0.667. The lowest BCUT2D eigenvalue weighted by molar-refractivity contribution is -0.121. The minimum atomic E-state index is 0.0477. The highest BCUT2D eigenvalue weighted by Crippen LogP contribution is 2.04. The molecule has 0 aromatic heterocycles. The van der Waals surface area contributed by atoms with Crippen LogP contribution in [0.3, 0.4) is 0 Å². The molecular formula is C9H16O. The molecule has 0 heterocycles. The number of hydrogen-bond donors (Lipinski definition) is 0. The normalized spacial score (nSPS) is 12.6. The fourth-order valence-electron chi connectivity index (χ4n) is 0.710. The van der Waals surface area contributed by atoms with Gasteiger partial charge in [0.1, 0.15) is 5.78 Å². The van der Waals surface area contributed by atoms with Crippen molar-refractivity contribution in [1.29, 1.82) is 0 Å². The molecule has 0 radical (unpaired) electrons. The Morgan fingerprint density at radius 1 is 1.70 bits per heavy atom. The number of hydrogen-bond acceptors (Lipinski definition) is 1. The van der Waals surface area contributed by atoms with Gasteiger partial charge in [-0.05, 0) is 6.42 Å². The van der Waals surface area contributed by atoms with Crippen molar-refractivity contribution in [2.75, 3.05) is 0 Å². The second kappa shape index (κ2) is 5.21. The predicted molar refractivity (Wildman–Crippen MR) is 43.9 cm³/mol. The van der Waals surface area contributed by atoms with Gasteiger partial charge in [0.15, 0.2) is 0 Å². The molecular weight excluding hydrogens is 124 g/mol. The first-order valence-corrected chi connectivity index (χ1v) is 3.87. The summed E-state index contributed by atoms with van der Waals surface area (Å²) in [7, 11) is 0. The Bertz CT molecular complexity index is 116. The molecule has 1 unspecified atom stereocenters. The maximum Gasteiger partial charge on any atom is 0.139 e. The van der Waals surface area contributed by atoms with Crippen LogP contribution in [-0.2, 0) is 4.79 Å². The van der Waals surface area contributed by atoms with Crippen LogP contribution in [0, 0.1) is 5.92 Å². The molecule has 1 heteroatoms. The Kier molecular flexibility index (Phi) is 4.91. The van der Waals surface area contributed by atoms with E-state index >= 15 is 0 Å². The smallest absolute Gasteiger partial charge is 0.139 e. The molecule has 0 fully saturated rings. The largest absolute Gasteiger partial charge is 0.299 e. The maximum absolute atomic E-state index is 11.1. The van der Waals surface area contributed by atoms with Crippen molar-refractivity contribution >= 4 is 5.78 Å². The van der Waals surface area contributed by atoms with Gasteiger partial charge in [-0.15, -0.1) is 6.58 Å². The van der Waals surface area contributed by atoms with Crippen LogP contribution in [0.4, 0.5) is 0 Å². The number of allylic oxidation sites excluding steroid dienone is 1. The van der Waals surface area contributed by atoms with Crippen LogP contribution in [0.25, 0.3) is 0 Å². The minimum absolute atomic E-state index is 0.0477. The quantitative estimate of drug-likeness (QED) is 0.536. The molecule has 1 atom stereocenters. The van der Waals surface area contributed by atoms with Crippen LogP contribution in [0.5, 0.6) is 0 Å². The molecule has 0 aliphatic carbocycles. The van der Waals surface area contributed by atoms with E-state index in [9.17, 15) is 4.79 Å². The molecule has 0 saturated heterocycles. The fourth-order valence-corrected chi connectivity index (χ4v) is 0.710. The minimum Gasteiger partial charge on any atom is -0.299 e. The van der Waals surface area contributed by atoms with Gasteiger partial charge in [0.05, 0.1) is 0 Å². The standard InChI is InChI=1S/C9H16O/c1-4-6-7-9(10)8(3)5-2/h5,8H,2,4,6-7H2,1,3H3. The summed E-state index contributed by atoms with van der Waals surface area (Å²) >= 11 is 0. The number of rotatable bonds is 5. The third kappa shape index (κ3) is 3.44. The predicted octanol–water partition coefficient (Wildman–Crippen LogP) is 2.57. The molecule has 0 bridgehead atoms. The van der Waals surface area contributed by atoms with Crippen molar-refractivity contribution in [1.82, 2.24) is 0 Å². The lowest BCUT2D eigenvalue weighted by atomic mass is 10.0. The van der Waals surface area contributed by atoms with Gasteiger partial charge in [0.25, 0.3) is 0 Å². The summed E-state index contributed by atoms with van der Waals surface area (Å²) in [4.78, 5) is 11.1. The molecule has 0 spiro atoms. The maximum atomic E-state index is 11.1. The third-order valence-corrected chi connectivity index (χ3v) is 1.64. The average Bonchev–Trinajstić information content (AvgIpc) is 1.98. The summed E-state index contributed by atoms with van der Waals surface area (Å²) in [5, 5.41) is 0. The van der Waals surface area contributed by atoms with Gasteiger partial charge >= 0.3 is 0 Å². The van der Waals surface area contributed by atoms with Gasteiger partial charge in [-0.2, -0.15) is 0 Å². The lowest BCUT2D eigenvalue weighted by Gasteiger charge is -2.02. The van der Waals surface area contributed by atoms with Crippen molar-refractivity contribution in [3.8, 4) is 0 Å². The van der Waals surface area contributed by atoms with Gasteiger partial charge in [0.2, 0.25) is 0 Å². The topological polar surface area (TPSA) is 17.1 Å². The van der Waals surface area contributed by atoms with Crippen molar-refractivity contribution in [2.45, 2.75) is 33.1 Å². The SMILES string of the molecule is C=CC(C)C(=O)CCCC. The third-order valence-electron chi connectivity index (χ3n) is 1.64. The van der Waals surface area contributed by atoms with E-state index < -0.39 is 0 Å². The van der Waals surface area contributed by atoms with E-state index in [4.69, 9.17) is 0 Å². The monoisotopic (exact) mass is 140 g/mol. The van der Waals surface area contributed by atoms with Crippen LogP contribution < -0.4 is 0 Å². The number of unbranched alkanes of at least 4 members (excludes halogenated alkanes) is 1. The first kappa shape index (κ1) is 9.41. The van der Waals surface area contributed by atoms with E-state index in [0.29, 0.717) is 12.2 Å². The van der Waals surface area contributed by atoms with Crippen molar-refractivity contribution in [3.05, 3.63) is 12.7 Å². The highest BCUT2D eigenvalue weighted by molar-refractivity contribution is 5.82. The molecule has 58 valence electrons. The van der Waals surface area contributed by atoms with Crippen LogP contribution in [0.2, 0.25) is 0 Å². The molecule has 0 aromatic carbocycles. The Hall–Kier alpha value is -0.590. The highest BCUT2D eigenvalue weighted by Gasteiger charge is 2.06. The summed E-state index contributed by atoms with van der Waals surface area (Å²) < 4.78 is 0. The number of ketones is 1. The van der Waals surface area contributed by atoms with E-state index in [1.54, 1.807) is 6.08 Å². The summed E-state index contributed by atoms with van der Waals surface area (Å²) in [5.74, 6) is 0.364. The first-order valence-electron chi connectivity index (χ1n) is 3.87. The second-order valence-electron chi connectivity index (χ2n) is 2.59. The van der Waals surface area contributed by atoms with Crippen LogP contribution >= 0.6 is 0 Å². The zero-order valence-electron chi connectivity index (χ0n) is 6.89. The van der Waals surface area contributed by atoms with Crippen molar-refractivity contribution in [3.63, 3.8) is 0 Å². The molecule has 0 saturated carbocycles. The van der Waals surface area contributed by atoms with Gasteiger partial charge in [-0.1, -0.05) is 26.3 Å². The van der Waals surface area contributed by atoms with Gasteiger partial charge in [-0.25, -0.2) is 0 Å². The second-order valence-corrected chi connectivity index (χ2v) is 2.59. The molecule has 0 rings (SSSR count). The van der Waals surface area contributed by atoms with Crippen LogP contribution in [0.15, 0.2) is 12.7 Å². The van der Waals surface area contributed by atoms with Crippen LogP contribution in [0.1, 0.15) is 33.1 Å². The Balaban J connectivity index is 3.51. The van der Waals surface area contributed by atoms with E-state index in [0.717, 1.165) is 12.8 Å². The highest BCUT2D eigenvalue weighted by atomic mass is 16.1. The number of Topliss-reactive ketones (excluding diaryl/α,β-unsaturated/α-hetero) is 1. The van der Waals surface area contributed by atoms with Crippen molar-refractivity contribution < 1.29 is 4.79 Å². The van der Waals surface area contributed by atoms with Gasteiger partial charge < -0.3 is 0 Å². The zero-order chi connectivity index (χ0) is 7.98. The Labute approximate surface area is 63.1 Å². The Morgan fingerprint density at radius 2 is 2.30 bits per heavy atom. The van der Waals surface area contributed by atoms with E-state index in [-0.39, 0.29) is 5.92 Å². The molecule has 0 aliphatic rings. The van der Waals surface area contributed by atoms with Crippen LogP contribution in [-0.4, -0.2) is 5.78 Å². The lowest BCUT2D eigenvalue weighted by Crippen LogP contribution is -2.06. The number of carbonyl (C=O) groups excluding carboxylic acids is 1. The van der Waals surface area contributed by atoms with E-state index in [1.165, 1.54) is 0 Å².